The summed E-state index contributed by atoms with van der Waals surface area (Å²) in [7, 11) is -1.81. The van der Waals surface area contributed by atoms with Gasteiger partial charge in [0.25, 0.3) is 0 Å². The minimum absolute atomic E-state index is 0.0489. The van der Waals surface area contributed by atoms with Crippen LogP contribution in [0, 0.1) is 5.92 Å². The summed E-state index contributed by atoms with van der Waals surface area (Å²) in [6.45, 7) is 17.3. The van der Waals surface area contributed by atoms with Crippen molar-refractivity contribution in [2.45, 2.75) is 64.8 Å². The van der Waals surface area contributed by atoms with Gasteiger partial charge in [-0.1, -0.05) is 34.3 Å². The van der Waals surface area contributed by atoms with E-state index < -0.39 is 8.32 Å². The van der Waals surface area contributed by atoms with E-state index in [1.54, 1.807) is 0 Å². The largest absolute Gasteiger partial charge is 0.410 e. The summed E-state index contributed by atoms with van der Waals surface area (Å²) in [6, 6.07) is 0. The lowest BCUT2D eigenvalue weighted by molar-refractivity contribution is -0.122. The van der Waals surface area contributed by atoms with E-state index in [-0.39, 0.29) is 17.1 Å². The van der Waals surface area contributed by atoms with E-state index in [0.29, 0.717) is 18.6 Å². The molecule has 0 radical (unpaired) electrons. The normalized spacial score (nSPS) is 27.4. The number of carbonyl (C=O) groups excluding carboxylic acids is 1. The van der Waals surface area contributed by atoms with Crippen molar-refractivity contribution in [2.24, 2.45) is 5.92 Å². The van der Waals surface area contributed by atoms with Crippen LogP contribution in [0.25, 0.3) is 0 Å². The Bertz CT molecular complexity index is 326. The molecule has 0 heterocycles. The maximum atomic E-state index is 11.7. The van der Waals surface area contributed by atoms with E-state index in [1.165, 1.54) is 0 Å². The molecule has 1 rings (SSSR count). The van der Waals surface area contributed by atoms with Gasteiger partial charge in [-0.05, 0) is 29.6 Å². The number of ketones is 1. The zero-order valence-electron chi connectivity index (χ0n) is 12.1. The van der Waals surface area contributed by atoms with Crippen LogP contribution in [0.4, 0.5) is 0 Å². The smallest absolute Gasteiger partial charge is 0.192 e. The number of hydrogen-bond donors (Lipinski definition) is 0. The molecule has 1 aliphatic rings. The molecule has 0 N–H and O–H groups in total. The van der Waals surface area contributed by atoms with Gasteiger partial charge in [-0.15, -0.1) is 0 Å². The van der Waals surface area contributed by atoms with Crippen LogP contribution in [0.3, 0.4) is 0 Å². The molecule has 2 atom stereocenters. The Morgan fingerprint density at radius 1 is 1.29 bits per heavy atom. The minimum Gasteiger partial charge on any atom is -0.410 e. The van der Waals surface area contributed by atoms with Crippen molar-refractivity contribution in [3.05, 3.63) is 12.2 Å². The highest BCUT2D eigenvalue weighted by Gasteiger charge is 2.41. The predicted octanol–water partition coefficient (Wildman–Crippen LogP) is 3.93. The molecule has 3 heteroatoms. The average Bonchev–Trinajstić information content (AvgIpc) is 2.11. The molecule has 98 valence electrons. The molecule has 0 unspecified atom stereocenters. The third-order valence-corrected chi connectivity index (χ3v) is 8.72. The highest BCUT2D eigenvalue weighted by molar-refractivity contribution is 6.74. The Balaban J connectivity index is 2.80. The Kier molecular flexibility index (Phi) is 4.04. The van der Waals surface area contributed by atoms with Gasteiger partial charge in [0, 0.05) is 12.8 Å². The summed E-state index contributed by atoms with van der Waals surface area (Å²) in [4.78, 5) is 11.7. The van der Waals surface area contributed by atoms with Crippen molar-refractivity contribution in [3.63, 3.8) is 0 Å². The highest BCUT2D eigenvalue weighted by Crippen LogP contribution is 2.40. The van der Waals surface area contributed by atoms with Gasteiger partial charge >= 0.3 is 0 Å². The van der Waals surface area contributed by atoms with Crippen LogP contribution in [-0.4, -0.2) is 20.2 Å². The second-order valence-electron chi connectivity index (χ2n) is 6.79. The number of Topliss-reactive ketones (excluding diaryl/α,β-unsaturated/α-hetero) is 1. The van der Waals surface area contributed by atoms with Gasteiger partial charge in [0.1, 0.15) is 5.78 Å². The first-order valence-corrected chi connectivity index (χ1v) is 9.33. The van der Waals surface area contributed by atoms with Gasteiger partial charge in [-0.25, -0.2) is 0 Å². The zero-order valence-corrected chi connectivity index (χ0v) is 13.1. The average molecular weight is 254 g/mol. The van der Waals surface area contributed by atoms with Gasteiger partial charge in [0.05, 0.1) is 6.10 Å². The maximum absolute atomic E-state index is 11.7. The fraction of sp³-hybridized carbons (Fsp3) is 0.786. The van der Waals surface area contributed by atoms with E-state index >= 15 is 0 Å². The summed E-state index contributed by atoms with van der Waals surface area (Å²) in [5, 5.41) is 0.178. The molecule has 2 nitrogen and oxygen atoms in total. The van der Waals surface area contributed by atoms with Gasteiger partial charge < -0.3 is 4.43 Å². The van der Waals surface area contributed by atoms with Crippen LogP contribution in [0.2, 0.25) is 18.1 Å². The third-order valence-electron chi connectivity index (χ3n) is 4.24. The predicted molar refractivity (Wildman–Crippen MR) is 74.6 cm³/mol. The molecule has 1 fully saturated rings. The van der Waals surface area contributed by atoms with Crippen LogP contribution >= 0.6 is 0 Å². The molecular weight excluding hydrogens is 228 g/mol. The molecule has 17 heavy (non-hydrogen) atoms. The molecule has 0 aromatic heterocycles. The molecule has 1 aliphatic carbocycles. The summed E-state index contributed by atoms with van der Waals surface area (Å²) >= 11 is 0. The van der Waals surface area contributed by atoms with Crippen molar-refractivity contribution in [1.29, 1.82) is 0 Å². The van der Waals surface area contributed by atoms with Gasteiger partial charge in [-0.3, -0.25) is 4.79 Å². The first kappa shape index (κ1) is 14.6. The minimum atomic E-state index is -1.81. The van der Waals surface area contributed by atoms with Crippen LogP contribution in [0.15, 0.2) is 12.2 Å². The summed E-state index contributed by atoms with van der Waals surface area (Å²) in [5.74, 6) is 0.583. The van der Waals surface area contributed by atoms with Crippen LogP contribution < -0.4 is 0 Å². The molecule has 0 amide bonds. The lowest BCUT2D eigenvalue weighted by atomic mass is 9.84. The Hall–Kier alpha value is -0.413. The quantitative estimate of drug-likeness (QED) is 0.551. The standard InChI is InChI=1S/C14H26O2Si/c1-10-8-12(15)9-13(11(10)2)16-17(6,7)14(3,4)5/h10,13H,2,8-9H2,1,3-7H3/t10-,13-/m1/s1. The highest BCUT2D eigenvalue weighted by atomic mass is 28.4. The fourth-order valence-corrected chi connectivity index (χ4v) is 3.16. The monoisotopic (exact) mass is 254 g/mol. The van der Waals surface area contributed by atoms with Gasteiger partial charge in [0.15, 0.2) is 8.32 Å². The van der Waals surface area contributed by atoms with E-state index in [0.717, 1.165) is 5.57 Å². The van der Waals surface area contributed by atoms with Crippen molar-refractivity contribution < 1.29 is 9.22 Å². The third kappa shape index (κ3) is 3.29. The summed E-state index contributed by atoms with van der Waals surface area (Å²) < 4.78 is 6.31. The first-order valence-electron chi connectivity index (χ1n) is 6.43. The number of rotatable bonds is 2. The SMILES string of the molecule is C=C1[C@H](C)CC(=O)C[C@H]1O[Si](C)(C)C(C)(C)C. The lowest BCUT2D eigenvalue weighted by Crippen LogP contribution is -2.46. The van der Waals surface area contributed by atoms with Crippen LogP contribution in [0.5, 0.6) is 0 Å². The first-order chi connectivity index (χ1) is 7.54. The molecule has 1 saturated carbocycles. The second kappa shape index (κ2) is 4.69. The van der Waals surface area contributed by atoms with E-state index in [2.05, 4.69) is 47.4 Å². The van der Waals surface area contributed by atoms with E-state index in [9.17, 15) is 4.79 Å². The van der Waals surface area contributed by atoms with Crippen molar-refractivity contribution in [1.82, 2.24) is 0 Å². The summed E-state index contributed by atoms with van der Waals surface area (Å²) in [5.41, 5.74) is 1.11. The topological polar surface area (TPSA) is 26.3 Å². The molecule has 0 spiro atoms. The fourth-order valence-electron chi connectivity index (χ4n) is 1.86. The zero-order chi connectivity index (χ0) is 13.4. The van der Waals surface area contributed by atoms with Crippen LogP contribution in [0.1, 0.15) is 40.5 Å². The molecule has 0 aromatic rings. The molecule has 0 bridgehead atoms. The summed E-state index contributed by atoms with van der Waals surface area (Å²) in [6.07, 6.45) is 1.11. The van der Waals surface area contributed by atoms with Crippen LogP contribution in [-0.2, 0) is 9.22 Å². The Morgan fingerprint density at radius 2 is 1.82 bits per heavy atom. The van der Waals surface area contributed by atoms with Gasteiger partial charge in [0.2, 0.25) is 0 Å². The van der Waals surface area contributed by atoms with Crippen molar-refractivity contribution >= 4 is 14.1 Å². The molecule has 0 aromatic carbocycles. The number of hydrogen-bond acceptors (Lipinski definition) is 2. The van der Waals surface area contributed by atoms with Gasteiger partial charge in [-0.2, -0.15) is 0 Å². The Labute approximate surface area is 107 Å². The molecular formula is C14H26O2Si. The molecule has 0 saturated heterocycles. The van der Waals surface area contributed by atoms with E-state index in [4.69, 9.17) is 4.43 Å². The maximum Gasteiger partial charge on any atom is 0.192 e. The molecule has 0 aliphatic heterocycles. The second-order valence-corrected chi connectivity index (χ2v) is 11.5. The number of carbonyl (C=O) groups is 1. The van der Waals surface area contributed by atoms with Crippen molar-refractivity contribution in [3.8, 4) is 0 Å². The Morgan fingerprint density at radius 3 is 2.29 bits per heavy atom. The van der Waals surface area contributed by atoms with Crippen molar-refractivity contribution in [2.75, 3.05) is 0 Å². The van der Waals surface area contributed by atoms with E-state index in [1.807, 2.05) is 0 Å². The lowest BCUT2D eigenvalue weighted by Gasteiger charge is -2.41.